The minimum Gasteiger partial charge on any atom is -0.311 e. The number of likely N-dealkylation sites (N-methyl/N-ethyl adjacent to an activating group) is 1. The summed E-state index contributed by atoms with van der Waals surface area (Å²) in [6.45, 7) is 15.0. The van der Waals surface area contributed by atoms with E-state index >= 15 is 0 Å². The fourth-order valence-corrected chi connectivity index (χ4v) is 2.47. The first-order chi connectivity index (χ1) is 6.37. The molecule has 1 fully saturated rings. The van der Waals surface area contributed by atoms with E-state index < -0.39 is 0 Å². The van der Waals surface area contributed by atoms with Crippen molar-refractivity contribution in [3.05, 3.63) is 0 Å². The van der Waals surface area contributed by atoms with Crippen LogP contribution in [0.2, 0.25) is 0 Å². The summed E-state index contributed by atoms with van der Waals surface area (Å²) in [6.07, 6.45) is 2.70. The van der Waals surface area contributed by atoms with Crippen LogP contribution in [0.3, 0.4) is 0 Å². The van der Waals surface area contributed by atoms with Crippen molar-refractivity contribution < 1.29 is 0 Å². The second kappa shape index (κ2) is 4.19. The average molecular weight is 198 g/mol. The standard InChI is InChI=1S/C12H26N2/c1-6-13-11(2,3)10-14-9-7-8-12(14,4)5/h13H,6-10H2,1-5H3. The van der Waals surface area contributed by atoms with E-state index in [2.05, 4.69) is 44.8 Å². The van der Waals surface area contributed by atoms with Gasteiger partial charge < -0.3 is 5.32 Å². The minimum absolute atomic E-state index is 0.246. The Morgan fingerprint density at radius 2 is 2.00 bits per heavy atom. The summed E-state index contributed by atoms with van der Waals surface area (Å²) in [6, 6.07) is 0. The molecule has 0 atom stereocenters. The summed E-state index contributed by atoms with van der Waals surface area (Å²) in [5.74, 6) is 0. The highest BCUT2D eigenvalue weighted by Gasteiger charge is 2.34. The van der Waals surface area contributed by atoms with Gasteiger partial charge in [-0.25, -0.2) is 0 Å². The van der Waals surface area contributed by atoms with E-state index in [0.717, 1.165) is 13.1 Å². The van der Waals surface area contributed by atoms with Gasteiger partial charge in [-0.15, -0.1) is 0 Å². The number of hydrogen-bond donors (Lipinski definition) is 1. The Labute approximate surface area is 89.1 Å². The van der Waals surface area contributed by atoms with Crippen LogP contribution in [-0.2, 0) is 0 Å². The topological polar surface area (TPSA) is 15.3 Å². The highest BCUT2D eigenvalue weighted by molar-refractivity contribution is 4.92. The van der Waals surface area contributed by atoms with Crippen LogP contribution >= 0.6 is 0 Å². The van der Waals surface area contributed by atoms with Crippen LogP contribution in [0.5, 0.6) is 0 Å². The molecule has 84 valence electrons. The maximum Gasteiger partial charge on any atom is 0.0252 e. The van der Waals surface area contributed by atoms with Gasteiger partial charge in [-0.3, -0.25) is 4.90 Å². The molecule has 14 heavy (non-hydrogen) atoms. The zero-order valence-electron chi connectivity index (χ0n) is 10.5. The number of rotatable bonds is 4. The number of likely N-dealkylation sites (tertiary alicyclic amines) is 1. The van der Waals surface area contributed by atoms with Crippen LogP contribution in [-0.4, -0.2) is 35.6 Å². The maximum absolute atomic E-state index is 3.54. The molecule has 0 radical (unpaired) electrons. The molecule has 2 nitrogen and oxygen atoms in total. The summed E-state index contributed by atoms with van der Waals surface area (Å²) in [4.78, 5) is 2.62. The molecule has 0 aromatic rings. The molecule has 1 N–H and O–H groups in total. The molecule has 0 aliphatic carbocycles. The first-order valence-electron chi connectivity index (χ1n) is 5.87. The third-order valence-electron chi connectivity index (χ3n) is 3.31. The average Bonchev–Trinajstić information content (AvgIpc) is 2.29. The first kappa shape index (κ1) is 12.0. The Bertz CT molecular complexity index is 185. The van der Waals surface area contributed by atoms with E-state index in [1.165, 1.54) is 19.4 Å². The van der Waals surface area contributed by atoms with E-state index in [-0.39, 0.29) is 5.54 Å². The summed E-state index contributed by atoms with van der Waals surface area (Å²) in [7, 11) is 0. The van der Waals surface area contributed by atoms with Crippen molar-refractivity contribution >= 4 is 0 Å². The third kappa shape index (κ3) is 2.96. The lowest BCUT2D eigenvalue weighted by molar-refractivity contribution is 0.132. The van der Waals surface area contributed by atoms with Crippen LogP contribution in [0.25, 0.3) is 0 Å². The molecule has 1 aliphatic heterocycles. The highest BCUT2D eigenvalue weighted by Crippen LogP contribution is 2.29. The lowest BCUT2D eigenvalue weighted by Gasteiger charge is -2.38. The first-order valence-corrected chi connectivity index (χ1v) is 5.87. The molecule has 0 aromatic heterocycles. The van der Waals surface area contributed by atoms with Gasteiger partial charge in [0.05, 0.1) is 0 Å². The van der Waals surface area contributed by atoms with Crippen molar-refractivity contribution in [2.45, 2.75) is 58.5 Å². The monoisotopic (exact) mass is 198 g/mol. The van der Waals surface area contributed by atoms with Crippen LogP contribution < -0.4 is 5.32 Å². The van der Waals surface area contributed by atoms with Crippen molar-refractivity contribution in [3.8, 4) is 0 Å². The van der Waals surface area contributed by atoms with E-state index in [4.69, 9.17) is 0 Å². The number of nitrogens with one attached hydrogen (secondary N) is 1. The van der Waals surface area contributed by atoms with Crippen LogP contribution in [0.4, 0.5) is 0 Å². The Morgan fingerprint density at radius 1 is 1.36 bits per heavy atom. The van der Waals surface area contributed by atoms with Crippen molar-refractivity contribution in [3.63, 3.8) is 0 Å². The molecular weight excluding hydrogens is 172 g/mol. The van der Waals surface area contributed by atoms with Gasteiger partial charge in [0.1, 0.15) is 0 Å². The van der Waals surface area contributed by atoms with Crippen LogP contribution in [0, 0.1) is 0 Å². The van der Waals surface area contributed by atoms with Gasteiger partial charge >= 0.3 is 0 Å². The predicted octanol–water partition coefficient (Wildman–Crippen LogP) is 2.25. The second-order valence-corrected chi connectivity index (χ2v) is 5.75. The van der Waals surface area contributed by atoms with Gasteiger partial charge in [-0.05, 0) is 53.6 Å². The Kier molecular flexibility index (Phi) is 3.59. The number of nitrogens with zero attached hydrogens (tertiary/aromatic N) is 1. The molecular formula is C12H26N2. The minimum atomic E-state index is 0.246. The maximum atomic E-state index is 3.54. The fraction of sp³-hybridized carbons (Fsp3) is 1.00. The Balaban J connectivity index is 2.51. The van der Waals surface area contributed by atoms with E-state index in [1.54, 1.807) is 0 Å². The van der Waals surface area contributed by atoms with Gasteiger partial charge in [0.2, 0.25) is 0 Å². The molecule has 2 heteroatoms. The van der Waals surface area contributed by atoms with Crippen molar-refractivity contribution in [1.82, 2.24) is 10.2 Å². The lowest BCUT2D eigenvalue weighted by atomic mass is 9.98. The normalized spacial score (nSPS) is 22.9. The molecule has 0 aromatic carbocycles. The predicted molar refractivity (Wildman–Crippen MR) is 62.6 cm³/mol. The van der Waals surface area contributed by atoms with Crippen molar-refractivity contribution in [2.75, 3.05) is 19.6 Å². The quantitative estimate of drug-likeness (QED) is 0.745. The van der Waals surface area contributed by atoms with E-state index in [0.29, 0.717) is 5.54 Å². The van der Waals surface area contributed by atoms with E-state index in [9.17, 15) is 0 Å². The van der Waals surface area contributed by atoms with Gasteiger partial charge in [0.15, 0.2) is 0 Å². The Hall–Kier alpha value is -0.0800. The van der Waals surface area contributed by atoms with Crippen LogP contribution in [0.1, 0.15) is 47.5 Å². The smallest absolute Gasteiger partial charge is 0.0252 e. The van der Waals surface area contributed by atoms with E-state index in [1.807, 2.05) is 0 Å². The summed E-state index contributed by atoms with van der Waals surface area (Å²) < 4.78 is 0. The molecule has 1 saturated heterocycles. The van der Waals surface area contributed by atoms with Gasteiger partial charge in [-0.1, -0.05) is 6.92 Å². The van der Waals surface area contributed by atoms with Crippen molar-refractivity contribution in [1.29, 1.82) is 0 Å². The zero-order valence-corrected chi connectivity index (χ0v) is 10.5. The summed E-state index contributed by atoms with van der Waals surface area (Å²) in [5.41, 5.74) is 0.656. The third-order valence-corrected chi connectivity index (χ3v) is 3.31. The largest absolute Gasteiger partial charge is 0.311 e. The lowest BCUT2D eigenvalue weighted by Crippen LogP contribution is -2.52. The van der Waals surface area contributed by atoms with Gasteiger partial charge in [0, 0.05) is 17.6 Å². The molecule has 0 unspecified atom stereocenters. The molecule has 1 heterocycles. The highest BCUT2D eigenvalue weighted by atomic mass is 15.2. The summed E-state index contributed by atoms with van der Waals surface area (Å²) in [5, 5.41) is 3.54. The molecule has 0 spiro atoms. The van der Waals surface area contributed by atoms with Crippen LogP contribution in [0.15, 0.2) is 0 Å². The second-order valence-electron chi connectivity index (χ2n) is 5.75. The SMILES string of the molecule is CCNC(C)(C)CN1CCCC1(C)C. The molecule has 1 rings (SSSR count). The molecule has 0 amide bonds. The van der Waals surface area contributed by atoms with Crippen molar-refractivity contribution in [2.24, 2.45) is 0 Å². The molecule has 0 saturated carbocycles. The number of hydrogen-bond acceptors (Lipinski definition) is 2. The van der Waals surface area contributed by atoms with Gasteiger partial charge in [-0.2, -0.15) is 0 Å². The molecule has 0 bridgehead atoms. The fourth-order valence-electron chi connectivity index (χ4n) is 2.47. The molecule has 1 aliphatic rings. The Morgan fingerprint density at radius 3 is 2.43 bits per heavy atom. The van der Waals surface area contributed by atoms with Gasteiger partial charge in [0.25, 0.3) is 0 Å². The zero-order chi connectivity index (χ0) is 10.8. The summed E-state index contributed by atoms with van der Waals surface area (Å²) >= 11 is 0.